The van der Waals surface area contributed by atoms with Crippen molar-refractivity contribution in [2.24, 2.45) is 52.8 Å². The van der Waals surface area contributed by atoms with E-state index in [2.05, 4.69) is 26.0 Å². The first kappa shape index (κ1) is 15.3. The van der Waals surface area contributed by atoms with Crippen molar-refractivity contribution in [1.29, 1.82) is 0 Å². The van der Waals surface area contributed by atoms with Gasteiger partial charge in [0.25, 0.3) is 0 Å². The van der Waals surface area contributed by atoms with Gasteiger partial charge < -0.3 is 4.74 Å². The van der Waals surface area contributed by atoms with Gasteiger partial charge in [-0.2, -0.15) is 0 Å². The molecule has 0 radical (unpaired) electrons. The number of fused-ring (bicyclic) bond motifs is 11. The summed E-state index contributed by atoms with van der Waals surface area (Å²) in [6, 6.07) is 0. The maximum Gasteiger partial charge on any atom is 0.309 e. The first-order chi connectivity index (χ1) is 12.0. The fourth-order valence-electron chi connectivity index (χ4n) is 8.76. The predicted molar refractivity (Wildman–Crippen MR) is 96.6 cm³/mol. The fourth-order valence-corrected chi connectivity index (χ4v) is 8.76. The van der Waals surface area contributed by atoms with E-state index in [0.29, 0.717) is 5.92 Å². The van der Waals surface area contributed by atoms with Crippen molar-refractivity contribution >= 4 is 5.97 Å². The highest BCUT2D eigenvalue weighted by Crippen LogP contribution is 2.67. The lowest BCUT2D eigenvalue weighted by atomic mass is 9.69. The maximum atomic E-state index is 13.2. The molecule has 0 spiro atoms. The summed E-state index contributed by atoms with van der Waals surface area (Å²) >= 11 is 0. The molecule has 0 amide bonds. The van der Waals surface area contributed by atoms with E-state index < -0.39 is 0 Å². The Labute approximate surface area is 151 Å². The topological polar surface area (TPSA) is 26.3 Å². The number of hydrogen-bond donors (Lipinski definition) is 0. The van der Waals surface area contributed by atoms with E-state index in [0.717, 1.165) is 41.9 Å². The van der Waals surface area contributed by atoms with E-state index >= 15 is 0 Å². The van der Waals surface area contributed by atoms with E-state index in [1.54, 1.807) is 0 Å². The Morgan fingerprint density at radius 2 is 1.76 bits per heavy atom. The Morgan fingerprint density at radius 3 is 2.44 bits per heavy atom. The summed E-state index contributed by atoms with van der Waals surface area (Å²) in [4.78, 5) is 13.2. The molecular weight excluding hydrogens is 308 g/mol. The third kappa shape index (κ3) is 1.85. The summed E-state index contributed by atoms with van der Waals surface area (Å²) in [6.07, 6.45) is 15.3. The molecule has 7 atom stereocenters. The maximum absolute atomic E-state index is 13.2. The van der Waals surface area contributed by atoms with Crippen molar-refractivity contribution in [1.82, 2.24) is 0 Å². The number of carbonyl (C=O) groups excluding carboxylic acids is 1. The van der Waals surface area contributed by atoms with Gasteiger partial charge in [-0.25, -0.2) is 0 Å². The van der Waals surface area contributed by atoms with Crippen LogP contribution in [0.25, 0.3) is 0 Å². The average molecular weight is 341 g/mol. The summed E-state index contributed by atoms with van der Waals surface area (Å²) in [5.41, 5.74) is 0.00774. The summed E-state index contributed by atoms with van der Waals surface area (Å²) in [5, 5.41) is 0. The Bertz CT molecular complexity index is 638. The van der Waals surface area contributed by atoms with Crippen LogP contribution >= 0.6 is 0 Å². The van der Waals surface area contributed by atoms with Crippen LogP contribution in [0.3, 0.4) is 0 Å². The third-order valence-corrected chi connectivity index (χ3v) is 9.95. The molecule has 2 nitrogen and oxygen atoms in total. The highest BCUT2D eigenvalue weighted by Gasteiger charge is 2.63. The standard InChI is InChI=1S/C23H32O2/c1-22(2,23-7-5-13(12-23)6-8-23)25-21(24)18-11-16-10-17(18)20-15-4-3-14(9-15)19(16)20/h3-4,13-20H,5-12H2,1-2H3. The number of carbonyl (C=O) groups is 1. The molecule has 0 N–H and O–H groups in total. The quantitative estimate of drug-likeness (QED) is 0.411. The minimum absolute atomic E-state index is 0.160. The lowest BCUT2D eigenvalue weighted by Gasteiger charge is -2.44. The van der Waals surface area contributed by atoms with Crippen molar-refractivity contribution < 1.29 is 9.53 Å². The second-order valence-corrected chi connectivity index (χ2v) is 11.0. The van der Waals surface area contributed by atoms with E-state index in [-0.39, 0.29) is 22.9 Å². The SMILES string of the molecule is CC(C)(OC(=O)C1CC2CC1C1C3C=CC(C3)C21)C12CCC(CC1)C2. The normalized spacial score (nSPS) is 54.5. The van der Waals surface area contributed by atoms with Gasteiger partial charge in [-0.05, 0) is 107 Å². The number of hydrogen-bond acceptors (Lipinski definition) is 2. The Balaban J connectivity index is 1.20. The average Bonchev–Trinajstić information content (AvgIpc) is 3.42. The molecule has 0 aromatic carbocycles. The van der Waals surface area contributed by atoms with Crippen molar-refractivity contribution in [2.75, 3.05) is 0 Å². The first-order valence-corrected chi connectivity index (χ1v) is 10.9. The van der Waals surface area contributed by atoms with Crippen molar-refractivity contribution in [3.63, 3.8) is 0 Å². The zero-order chi connectivity index (χ0) is 17.0. The molecule has 2 heteroatoms. The smallest absolute Gasteiger partial charge is 0.309 e. The molecule has 6 bridgehead atoms. The van der Waals surface area contributed by atoms with E-state index in [1.165, 1.54) is 44.9 Å². The molecule has 0 aliphatic heterocycles. The van der Waals surface area contributed by atoms with Crippen LogP contribution in [0.5, 0.6) is 0 Å². The molecule has 6 aliphatic rings. The summed E-state index contributed by atoms with van der Waals surface area (Å²) in [7, 11) is 0. The Morgan fingerprint density at radius 1 is 1.04 bits per heavy atom. The summed E-state index contributed by atoms with van der Waals surface area (Å²) in [6.45, 7) is 4.43. The van der Waals surface area contributed by atoms with Crippen LogP contribution in [0.15, 0.2) is 12.2 Å². The molecule has 0 aromatic heterocycles. The zero-order valence-electron chi connectivity index (χ0n) is 15.7. The van der Waals surface area contributed by atoms with Gasteiger partial charge in [-0.3, -0.25) is 4.79 Å². The number of allylic oxidation sites excluding steroid dienone is 2. The van der Waals surface area contributed by atoms with Gasteiger partial charge in [-0.15, -0.1) is 0 Å². The highest BCUT2D eigenvalue weighted by atomic mass is 16.6. The van der Waals surface area contributed by atoms with Crippen LogP contribution in [-0.4, -0.2) is 11.6 Å². The fraction of sp³-hybridized carbons (Fsp3) is 0.870. The number of rotatable bonds is 3. The van der Waals surface area contributed by atoms with Crippen LogP contribution in [-0.2, 0) is 9.53 Å². The molecule has 0 heterocycles. The monoisotopic (exact) mass is 340 g/mol. The molecule has 6 rings (SSSR count). The lowest BCUT2D eigenvalue weighted by Crippen LogP contribution is -2.47. The Hall–Kier alpha value is -0.790. The molecule has 136 valence electrons. The second-order valence-electron chi connectivity index (χ2n) is 11.0. The minimum Gasteiger partial charge on any atom is -0.459 e. The van der Waals surface area contributed by atoms with Gasteiger partial charge in [0.2, 0.25) is 0 Å². The van der Waals surface area contributed by atoms with Gasteiger partial charge in [0.15, 0.2) is 0 Å². The molecule has 5 saturated carbocycles. The molecule has 5 fully saturated rings. The molecule has 6 aliphatic carbocycles. The number of esters is 1. The molecule has 0 aromatic rings. The number of ether oxygens (including phenoxy) is 1. The Kier molecular flexibility index (Phi) is 2.89. The lowest BCUT2D eigenvalue weighted by molar-refractivity contribution is -0.179. The van der Waals surface area contributed by atoms with Crippen LogP contribution in [0.1, 0.15) is 65.2 Å². The second kappa shape index (κ2) is 4.73. The van der Waals surface area contributed by atoms with Gasteiger partial charge in [0, 0.05) is 5.41 Å². The molecule has 7 unspecified atom stereocenters. The summed E-state index contributed by atoms with van der Waals surface area (Å²) in [5.74, 6) is 6.01. The van der Waals surface area contributed by atoms with Gasteiger partial charge in [-0.1, -0.05) is 12.2 Å². The van der Waals surface area contributed by atoms with Crippen LogP contribution in [0.4, 0.5) is 0 Å². The highest BCUT2D eigenvalue weighted by molar-refractivity contribution is 5.74. The zero-order valence-corrected chi connectivity index (χ0v) is 15.7. The largest absolute Gasteiger partial charge is 0.459 e. The minimum atomic E-state index is -0.273. The molecular formula is C23H32O2. The molecule has 25 heavy (non-hydrogen) atoms. The van der Waals surface area contributed by atoms with Gasteiger partial charge in [0.05, 0.1) is 5.92 Å². The van der Waals surface area contributed by atoms with Gasteiger partial charge >= 0.3 is 5.97 Å². The summed E-state index contributed by atoms with van der Waals surface area (Å²) < 4.78 is 6.35. The van der Waals surface area contributed by atoms with Gasteiger partial charge in [0.1, 0.15) is 5.60 Å². The van der Waals surface area contributed by atoms with Crippen molar-refractivity contribution in [3.05, 3.63) is 12.2 Å². The van der Waals surface area contributed by atoms with Crippen LogP contribution in [0, 0.1) is 52.8 Å². The van der Waals surface area contributed by atoms with E-state index in [1.807, 2.05) is 0 Å². The van der Waals surface area contributed by atoms with Crippen LogP contribution < -0.4 is 0 Å². The first-order valence-electron chi connectivity index (χ1n) is 10.9. The van der Waals surface area contributed by atoms with E-state index in [4.69, 9.17) is 4.74 Å². The predicted octanol–water partition coefficient (Wildman–Crippen LogP) is 4.98. The van der Waals surface area contributed by atoms with Crippen molar-refractivity contribution in [2.45, 2.75) is 70.8 Å². The third-order valence-electron chi connectivity index (χ3n) is 9.95. The van der Waals surface area contributed by atoms with E-state index in [9.17, 15) is 4.79 Å². The molecule has 0 saturated heterocycles. The van der Waals surface area contributed by atoms with Crippen LogP contribution in [0.2, 0.25) is 0 Å². The van der Waals surface area contributed by atoms with Crippen molar-refractivity contribution in [3.8, 4) is 0 Å².